The maximum Gasteiger partial charge on any atom is 0.240 e. The maximum atomic E-state index is 12.2. The van der Waals surface area contributed by atoms with Crippen LogP contribution in [0.2, 0.25) is 0 Å². The number of nitrogens with zero attached hydrogens (tertiary/aromatic N) is 2. The van der Waals surface area contributed by atoms with Gasteiger partial charge in [0.1, 0.15) is 0 Å². The van der Waals surface area contributed by atoms with Gasteiger partial charge in [-0.05, 0) is 56.0 Å². The van der Waals surface area contributed by atoms with Crippen molar-refractivity contribution in [1.29, 1.82) is 0 Å². The SMILES string of the molecule is O=S(=O)(NC1CC1)c1ccc(-c2noc([C@@]34CNC[C@@H]3C4)n2)cc1. The van der Waals surface area contributed by atoms with E-state index in [0.717, 1.165) is 37.9 Å². The van der Waals surface area contributed by atoms with Gasteiger partial charge in [-0.25, -0.2) is 13.1 Å². The molecule has 2 aliphatic carbocycles. The van der Waals surface area contributed by atoms with Crippen LogP contribution in [0, 0.1) is 5.92 Å². The van der Waals surface area contributed by atoms with Crippen LogP contribution < -0.4 is 10.0 Å². The molecule has 0 spiro atoms. The van der Waals surface area contributed by atoms with Gasteiger partial charge in [0.25, 0.3) is 0 Å². The molecule has 1 aromatic heterocycles. The first-order chi connectivity index (χ1) is 11.6. The van der Waals surface area contributed by atoms with Gasteiger partial charge in [-0.2, -0.15) is 4.98 Å². The summed E-state index contributed by atoms with van der Waals surface area (Å²) in [6.07, 6.45) is 2.94. The molecule has 1 aromatic carbocycles. The first-order valence-electron chi connectivity index (χ1n) is 8.25. The molecule has 2 saturated carbocycles. The van der Waals surface area contributed by atoms with E-state index in [1.54, 1.807) is 24.3 Å². The lowest BCUT2D eigenvalue weighted by Crippen LogP contribution is -2.25. The highest BCUT2D eigenvalue weighted by Crippen LogP contribution is 2.55. The third kappa shape index (κ3) is 2.28. The molecule has 2 atom stereocenters. The minimum Gasteiger partial charge on any atom is -0.338 e. The van der Waals surface area contributed by atoms with Crippen LogP contribution in [0.15, 0.2) is 33.7 Å². The normalized spacial score (nSPS) is 28.8. The molecule has 1 aliphatic heterocycles. The summed E-state index contributed by atoms with van der Waals surface area (Å²) in [5, 5.41) is 7.43. The molecule has 0 bridgehead atoms. The Kier molecular flexibility index (Phi) is 2.96. The number of benzene rings is 1. The highest BCUT2D eigenvalue weighted by molar-refractivity contribution is 7.89. The summed E-state index contributed by atoms with van der Waals surface area (Å²) in [6.45, 7) is 1.90. The minimum atomic E-state index is -3.43. The second-order valence-electron chi connectivity index (χ2n) is 7.03. The Balaban J connectivity index is 1.39. The molecule has 3 fully saturated rings. The standard InChI is InChI=1S/C16H18N4O3S/c21-24(22,20-12-3-4-12)13-5-1-10(2-6-13)14-18-15(23-19-14)16-7-11(16)8-17-9-16/h1-2,5-6,11-12,17,20H,3-4,7-9H2/t11-,16-/m0/s1. The largest absolute Gasteiger partial charge is 0.338 e. The second-order valence-corrected chi connectivity index (χ2v) is 8.75. The van der Waals surface area contributed by atoms with E-state index < -0.39 is 10.0 Å². The summed E-state index contributed by atoms with van der Waals surface area (Å²) >= 11 is 0. The smallest absolute Gasteiger partial charge is 0.240 e. The molecule has 3 aliphatic rings. The van der Waals surface area contributed by atoms with Crippen molar-refractivity contribution in [2.45, 2.75) is 35.6 Å². The molecule has 5 rings (SSSR count). The third-order valence-electron chi connectivity index (χ3n) is 5.24. The quantitative estimate of drug-likeness (QED) is 0.839. The van der Waals surface area contributed by atoms with E-state index in [2.05, 4.69) is 20.2 Å². The molecule has 1 saturated heterocycles. The van der Waals surface area contributed by atoms with E-state index in [4.69, 9.17) is 4.52 Å². The summed E-state index contributed by atoms with van der Waals surface area (Å²) in [5.41, 5.74) is 0.790. The zero-order chi connectivity index (χ0) is 16.4. The van der Waals surface area contributed by atoms with Crippen molar-refractivity contribution in [2.24, 2.45) is 5.92 Å². The van der Waals surface area contributed by atoms with Gasteiger partial charge >= 0.3 is 0 Å². The molecule has 7 nitrogen and oxygen atoms in total. The van der Waals surface area contributed by atoms with E-state index >= 15 is 0 Å². The fourth-order valence-corrected chi connectivity index (χ4v) is 4.79. The summed E-state index contributed by atoms with van der Waals surface area (Å²) in [5.74, 6) is 1.81. The Morgan fingerprint density at radius 2 is 2.04 bits per heavy atom. The number of piperidine rings is 1. The van der Waals surface area contributed by atoms with E-state index in [1.807, 2.05) is 0 Å². The molecule has 0 amide bonds. The molecule has 126 valence electrons. The zero-order valence-electron chi connectivity index (χ0n) is 13.0. The number of rotatable bonds is 5. The Morgan fingerprint density at radius 3 is 2.67 bits per heavy atom. The van der Waals surface area contributed by atoms with Gasteiger partial charge in [0, 0.05) is 18.2 Å². The van der Waals surface area contributed by atoms with Crippen molar-refractivity contribution >= 4 is 10.0 Å². The van der Waals surface area contributed by atoms with Crippen molar-refractivity contribution in [2.75, 3.05) is 13.1 Å². The highest BCUT2D eigenvalue weighted by atomic mass is 32.2. The number of nitrogens with one attached hydrogen (secondary N) is 2. The predicted molar refractivity (Wildman–Crippen MR) is 85.7 cm³/mol. The minimum absolute atomic E-state index is 0.0305. The summed E-state index contributed by atoms with van der Waals surface area (Å²) in [7, 11) is -3.43. The topological polar surface area (TPSA) is 97.1 Å². The van der Waals surface area contributed by atoms with Crippen molar-refractivity contribution in [3.8, 4) is 11.4 Å². The monoisotopic (exact) mass is 346 g/mol. The Morgan fingerprint density at radius 1 is 1.25 bits per heavy atom. The summed E-state index contributed by atoms with van der Waals surface area (Å²) < 4.78 is 32.5. The molecular formula is C16H18N4O3S. The Labute approximate surface area is 139 Å². The van der Waals surface area contributed by atoms with Crippen LogP contribution in [0.4, 0.5) is 0 Å². The highest BCUT2D eigenvalue weighted by Gasteiger charge is 2.62. The fraction of sp³-hybridized carbons (Fsp3) is 0.500. The van der Waals surface area contributed by atoms with E-state index in [1.165, 1.54) is 0 Å². The van der Waals surface area contributed by atoms with E-state index in [-0.39, 0.29) is 16.4 Å². The molecule has 0 radical (unpaired) electrons. The third-order valence-corrected chi connectivity index (χ3v) is 6.77. The average Bonchev–Trinajstić information content (AvgIpc) is 3.41. The van der Waals surface area contributed by atoms with Crippen LogP contribution in [-0.2, 0) is 15.4 Å². The lowest BCUT2D eigenvalue weighted by molar-refractivity contribution is 0.346. The van der Waals surface area contributed by atoms with Crippen molar-refractivity contribution in [3.63, 3.8) is 0 Å². The molecule has 8 heteroatoms. The lowest BCUT2D eigenvalue weighted by atomic mass is 10.1. The molecular weight excluding hydrogens is 328 g/mol. The molecule has 0 unspecified atom stereocenters. The Bertz CT molecular complexity index is 888. The summed E-state index contributed by atoms with van der Waals surface area (Å²) in [6, 6.07) is 6.73. The second kappa shape index (κ2) is 4.87. The van der Waals surface area contributed by atoms with Crippen LogP contribution in [0.3, 0.4) is 0 Å². The van der Waals surface area contributed by atoms with Gasteiger partial charge in [0.05, 0.1) is 10.3 Å². The number of hydrogen-bond donors (Lipinski definition) is 2. The van der Waals surface area contributed by atoms with E-state index in [0.29, 0.717) is 17.6 Å². The number of sulfonamides is 1. The van der Waals surface area contributed by atoms with Crippen molar-refractivity contribution < 1.29 is 12.9 Å². The van der Waals surface area contributed by atoms with Gasteiger partial charge < -0.3 is 9.84 Å². The van der Waals surface area contributed by atoms with Crippen molar-refractivity contribution in [1.82, 2.24) is 20.2 Å². The Hall–Kier alpha value is -1.77. The van der Waals surface area contributed by atoms with Crippen molar-refractivity contribution in [3.05, 3.63) is 30.2 Å². The van der Waals surface area contributed by atoms with Crippen LogP contribution >= 0.6 is 0 Å². The molecule has 2 heterocycles. The number of fused-ring (bicyclic) bond motifs is 1. The van der Waals surface area contributed by atoms with Gasteiger partial charge in [0.2, 0.25) is 21.7 Å². The van der Waals surface area contributed by atoms with Gasteiger partial charge in [-0.3, -0.25) is 0 Å². The van der Waals surface area contributed by atoms with Gasteiger partial charge in [-0.1, -0.05) is 5.16 Å². The lowest BCUT2D eigenvalue weighted by Gasteiger charge is -2.05. The van der Waals surface area contributed by atoms with E-state index in [9.17, 15) is 8.42 Å². The van der Waals surface area contributed by atoms with Crippen LogP contribution in [-0.4, -0.2) is 37.7 Å². The van der Waals surface area contributed by atoms with Crippen LogP contribution in [0.25, 0.3) is 11.4 Å². The number of hydrogen-bond acceptors (Lipinski definition) is 6. The summed E-state index contributed by atoms with van der Waals surface area (Å²) in [4.78, 5) is 4.81. The van der Waals surface area contributed by atoms with Crippen LogP contribution in [0.1, 0.15) is 25.2 Å². The maximum absolute atomic E-state index is 12.2. The number of aromatic nitrogens is 2. The fourth-order valence-electron chi connectivity index (χ4n) is 3.49. The van der Waals surface area contributed by atoms with Crippen LogP contribution in [0.5, 0.6) is 0 Å². The first kappa shape index (κ1) is 14.6. The first-order valence-corrected chi connectivity index (χ1v) is 9.73. The zero-order valence-corrected chi connectivity index (χ0v) is 13.8. The average molecular weight is 346 g/mol. The van der Waals surface area contributed by atoms with Gasteiger partial charge in [0.15, 0.2) is 0 Å². The predicted octanol–water partition coefficient (Wildman–Crippen LogP) is 1.04. The molecule has 24 heavy (non-hydrogen) atoms. The molecule has 2 N–H and O–H groups in total. The van der Waals surface area contributed by atoms with Gasteiger partial charge in [-0.15, -0.1) is 0 Å². The molecule has 2 aromatic rings.